The number of aryl methyl sites for hydroxylation is 1. The Labute approximate surface area is 150 Å². The summed E-state index contributed by atoms with van der Waals surface area (Å²) in [6.45, 7) is 3.07. The lowest BCUT2D eigenvalue weighted by Crippen LogP contribution is -2.64. The van der Waals surface area contributed by atoms with E-state index in [1.54, 1.807) is 6.07 Å². The van der Waals surface area contributed by atoms with Gasteiger partial charge in [-0.2, -0.15) is 20.1 Å². The minimum Gasteiger partial charge on any atom is -0.390 e. The lowest BCUT2D eigenvalue weighted by molar-refractivity contribution is 0.0496. The van der Waals surface area contributed by atoms with Crippen LogP contribution in [0.25, 0.3) is 0 Å². The summed E-state index contributed by atoms with van der Waals surface area (Å²) in [5.74, 6) is 1.39. The minimum absolute atomic E-state index is 0.0739. The number of carbonyl (C=O) groups is 1. The molecule has 10 heteroatoms. The van der Waals surface area contributed by atoms with Crippen molar-refractivity contribution in [2.75, 3.05) is 23.7 Å². The third-order valence-electron chi connectivity index (χ3n) is 5.07. The second-order valence-corrected chi connectivity index (χ2v) is 6.69. The number of rotatable bonds is 4. The molecule has 5 heterocycles. The number of nitrogen functional groups attached to an aromatic ring is 1. The Morgan fingerprint density at radius 2 is 2.12 bits per heavy atom. The molecule has 3 fully saturated rings. The molecule has 2 unspecified atom stereocenters. The number of hydrogen-bond acceptors (Lipinski definition) is 8. The van der Waals surface area contributed by atoms with Crippen LogP contribution in [0.4, 0.5) is 11.9 Å². The Bertz CT molecular complexity index is 822. The van der Waals surface area contributed by atoms with Crippen LogP contribution in [0.2, 0.25) is 0 Å². The Hall–Kier alpha value is -2.75. The van der Waals surface area contributed by atoms with E-state index in [2.05, 4.69) is 30.0 Å². The number of fused-ring (bicyclic) bond motifs is 3. The van der Waals surface area contributed by atoms with Crippen molar-refractivity contribution in [3.8, 4) is 0 Å². The molecule has 0 aromatic carbocycles. The predicted octanol–water partition coefficient (Wildman–Crippen LogP) is -0.275. The summed E-state index contributed by atoms with van der Waals surface area (Å²) < 4.78 is 0. The number of H-pyrrole nitrogens is 1. The van der Waals surface area contributed by atoms with E-state index in [0.29, 0.717) is 42.7 Å². The van der Waals surface area contributed by atoms with E-state index >= 15 is 0 Å². The average molecular weight is 358 g/mol. The average Bonchev–Trinajstić information content (AvgIpc) is 3.16. The fraction of sp³-hybridized carbons (Fsp3) is 0.562. The van der Waals surface area contributed by atoms with Gasteiger partial charge in [-0.15, -0.1) is 0 Å². The van der Waals surface area contributed by atoms with Crippen LogP contribution in [0.3, 0.4) is 0 Å². The molecule has 0 radical (unpaired) electrons. The van der Waals surface area contributed by atoms with Crippen molar-refractivity contribution in [1.29, 1.82) is 0 Å². The summed E-state index contributed by atoms with van der Waals surface area (Å²) in [5, 5.41) is 15.8. The SMILES string of the molecule is CCc1nc(N)nc(N2CC3CCC2CN3C(=O)c2cc(CO)[nH]n2)n1. The van der Waals surface area contributed by atoms with Crippen molar-refractivity contribution in [2.45, 2.75) is 44.9 Å². The quantitative estimate of drug-likeness (QED) is 0.679. The predicted molar refractivity (Wildman–Crippen MR) is 93.3 cm³/mol. The normalized spacial score (nSPS) is 22.1. The maximum Gasteiger partial charge on any atom is 0.274 e. The lowest BCUT2D eigenvalue weighted by Gasteiger charge is -2.51. The number of nitrogens with one attached hydrogen (secondary N) is 1. The molecule has 2 bridgehead atoms. The third kappa shape index (κ3) is 2.85. The fourth-order valence-electron chi connectivity index (χ4n) is 3.73. The molecule has 0 aliphatic carbocycles. The van der Waals surface area contributed by atoms with Gasteiger partial charge in [0.15, 0.2) is 5.69 Å². The lowest BCUT2D eigenvalue weighted by atomic mass is 9.90. The second kappa shape index (κ2) is 6.52. The molecule has 2 atom stereocenters. The van der Waals surface area contributed by atoms with Gasteiger partial charge in [-0.1, -0.05) is 6.92 Å². The summed E-state index contributed by atoms with van der Waals surface area (Å²) in [6.07, 6.45) is 2.61. The van der Waals surface area contributed by atoms with Gasteiger partial charge >= 0.3 is 0 Å². The number of nitrogens with zero attached hydrogens (tertiary/aromatic N) is 6. The van der Waals surface area contributed by atoms with Gasteiger partial charge in [0.05, 0.1) is 12.3 Å². The number of anilines is 2. The zero-order valence-electron chi connectivity index (χ0n) is 14.6. The highest BCUT2D eigenvalue weighted by atomic mass is 16.3. The molecule has 0 spiro atoms. The first-order valence-electron chi connectivity index (χ1n) is 8.82. The van der Waals surface area contributed by atoms with Crippen molar-refractivity contribution in [1.82, 2.24) is 30.0 Å². The molecular formula is C16H22N8O2. The number of hydrogen-bond donors (Lipinski definition) is 3. The first kappa shape index (κ1) is 16.7. The minimum atomic E-state index is -0.166. The first-order chi connectivity index (χ1) is 12.6. The van der Waals surface area contributed by atoms with Gasteiger partial charge in [-0.05, 0) is 18.9 Å². The highest BCUT2D eigenvalue weighted by molar-refractivity contribution is 5.93. The number of nitrogens with two attached hydrogens (primary N) is 1. The van der Waals surface area contributed by atoms with Crippen LogP contribution in [0.1, 0.15) is 41.8 Å². The molecule has 4 N–H and O–H groups in total. The van der Waals surface area contributed by atoms with Crippen molar-refractivity contribution < 1.29 is 9.90 Å². The topological polar surface area (TPSA) is 137 Å². The van der Waals surface area contributed by atoms with Crippen LogP contribution in [0.5, 0.6) is 0 Å². The van der Waals surface area contributed by atoms with Crippen molar-refractivity contribution >= 4 is 17.8 Å². The van der Waals surface area contributed by atoms with E-state index in [1.807, 2.05) is 11.8 Å². The third-order valence-corrected chi connectivity index (χ3v) is 5.07. The maximum absolute atomic E-state index is 12.8. The van der Waals surface area contributed by atoms with Gasteiger partial charge in [0.2, 0.25) is 11.9 Å². The molecule has 10 nitrogen and oxygen atoms in total. The van der Waals surface area contributed by atoms with E-state index in [-0.39, 0.29) is 30.5 Å². The number of aliphatic hydroxyl groups excluding tert-OH is 1. The van der Waals surface area contributed by atoms with Crippen LogP contribution in [0.15, 0.2) is 6.07 Å². The number of amides is 1. The van der Waals surface area contributed by atoms with Gasteiger partial charge < -0.3 is 20.6 Å². The molecule has 3 aliphatic rings. The molecule has 138 valence electrons. The zero-order valence-corrected chi connectivity index (χ0v) is 14.6. The number of carbonyl (C=O) groups excluding carboxylic acids is 1. The van der Waals surface area contributed by atoms with Gasteiger partial charge in [-0.25, -0.2) is 0 Å². The van der Waals surface area contributed by atoms with Crippen LogP contribution in [0, 0.1) is 0 Å². The summed E-state index contributed by atoms with van der Waals surface area (Å²) in [7, 11) is 0. The largest absolute Gasteiger partial charge is 0.390 e. The van der Waals surface area contributed by atoms with Gasteiger partial charge in [0.1, 0.15) is 5.82 Å². The molecule has 26 heavy (non-hydrogen) atoms. The molecule has 2 aromatic heterocycles. The summed E-state index contributed by atoms with van der Waals surface area (Å²) in [5.41, 5.74) is 6.69. The summed E-state index contributed by atoms with van der Waals surface area (Å²) >= 11 is 0. The monoisotopic (exact) mass is 358 g/mol. The first-order valence-corrected chi connectivity index (χ1v) is 8.82. The zero-order chi connectivity index (χ0) is 18.3. The van der Waals surface area contributed by atoms with E-state index in [9.17, 15) is 4.79 Å². The van der Waals surface area contributed by atoms with Gasteiger partial charge in [0, 0.05) is 31.6 Å². The Kier molecular flexibility index (Phi) is 4.19. The van der Waals surface area contributed by atoms with Crippen LogP contribution in [-0.2, 0) is 13.0 Å². The smallest absolute Gasteiger partial charge is 0.274 e. The van der Waals surface area contributed by atoms with Crippen molar-refractivity contribution in [2.24, 2.45) is 0 Å². The van der Waals surface area contributed by atoms with E-state index in [0.717, 1.165) is 12.8 Å². The highest BCUT2D eigenvalue weighted by Gasteiger charge is 2.42. The Morgan fingerprint density at radius 3 is 2.77 bits per heavy atom. The molecule has 3 aliphatic heterocycles. The highest BCUT2D eigenvalue weighted by Crippen LogP contribution is 2.32. The van der Waals surface area contributed by atoms with E-state index < -0.39 is 0 Å². The molecule has 1 amide bonds. The number of aliphatic hydroxyl groups is 1. The van der Waals surface area contributed by atoms with Crippen LogP contribution in [-0.4, -0.2) is 66.2 Å². The van der Waals surface area contributed by atoms with E-state index in [1.165, 1.54) is 0 Å². The van der Waals surface area contributed by atoms with Crippen LogP contribution >= 0.6 is 0 Å². The van der Waals surface area contributed by atoms with Crippen molar-refractivity contribution in [3.05, 3.63) is 23.3 Å². The van der Waals surface area contributed by atoms with Crippen LogP contribution < -0.4 is 10.6 Å². The number of piperidine rings is 2. The van der Waals surface area contributed by atoms with Gasteiger partial charge in [-0.3, -0.25) is 9.89 Å². The Balaban J connectivity index is 1.54. The fourth-order valence-corrected chi connectivity index (χ4v) is 3.73. The standard InChI is InChI=1S/C16H22N8O2/c1-2-13-18-15(17)20-16(19-13)24-7-10-3-4-11(24)6-23(10)14(26)12-5-9(8-25)21-22-12/h5,10-11,25H,2-4,6-8H2,1H3,(H,21,22)(H2,17,18,19,20). The van der Waals surface area contributed by atoms with E-state index in [4.69, 9.17) is 10.8 Å². The maximum atomic E-state index is 12.8. The molecule has 5 rings (SSSR count). The number of aromatic nitrogens is 5. The summed E-state index contributed by atoms with van der Waals surface area (Å²) in [4.78, 5) is 29.8. The molecule has 2 aromatic rings. The van der Waals surface area contributed by atoms with Gasteiger partial charge in [0.25, 0.3) is 5.91 Å². The number of piperazine rings is 1. The molecule has 0 saturated carbocycles. The molecule has 3 saturated heterocycles. The number of aromatic amines is 1. The molecular weight excluding hydrogens is 336 g/mol. The summed E-state index contributed by atoms with van der Waals surface area (Å²) in [6, 6.07) is 1.82. The second-order valence-electron chi connectivity index (χ2n) is 6.69. The Morgan fingerprint density at radius 1 is 1.31 bits per heavy atom. The van der Waals surface area contributed by atoms with Crippen molar-refractivity contribution in [3.63, 3.8) is 0 Å².